The topological polar surface area (TPSA) is 130 Å². The van der Waals surface area contributed by atoms with Crippen molar-refractivity contribution < 1.29 is 18.9 Å². The summed E-state index contributed by atoms with van der Waals surface area (Å²) in [5.74, 6) is 0.292. The summed E-state index contributed by atoms with van der Waals surface area (Å²) in [5, 5.41) is 14.0. The van der Waals surface area contributed by atoms with Crippen LogP contribution in [0.2, 0.25) is 0 Å². The number of benzene rings is 1. The van der Waals surface area contributed by atoms with E-state index >= 15 is 0 Å². The molecular formula is C14H14N6O4. The summed E-state index contributed by atoms with van der Waals surface area (Å²) in [7, 11) is 0. The molecule has 1 aromatic heterocycles. The van der Waals surface area contributed by atoms with Crippen LogP contribution in [0.1, 0.15) is 0 Å². The van der Waals surface area contributed by atoms with Crippen molar-refractivity contribution in [2.45, 2.75) is 6.17 Å². The van der Waals surface area contributed by atoms with Crippen LogP contribution in [0.15, 0.2) is 53.5 Å². The summed E-state index contributed by atoms with van der Waals surface area (Å²) >= 11 is 0. The van der Waals surface area contributed by atoms with E-state index in [2.05, 4.69) is 36.4 Å². The van der Waals surface area contributed by atoms with E-state index in [1.165, 1.54) is 18.6 Å². The van der Waals surface area contributed by atoms with Crippen LogP contribution in [-0.4, -0.2) is 23.4 Å². The average molecular weight is 330 g/mol. The smallest absolute Gasteiger partial charge is 0.324 e. The van der Waals surface area contributed by atoms with Gasteiger partial charge in [0.2, 0.25) is 0 Å². The van der Waals surface area contributed by atoms with Gasteiger partial charge in [-0.05, 0) is 24.3 Å². The van der Waals surface area contributed by atoms with E-state index < -0.39 is 18.2 Å². The maximum Gasteiger partial charge on any atom is 0.324 e. The highest BCUT2D eigenvalue weighted by Crippen LogP contribution is 2.15. The Bertz CT molecular complexity index is 745. The Kier molecular flexibility index (Phi) is 4.58. The molecule has 10 nitrogen and oxygen atoms in total. The number of urea groups is 2. The average Bonchev–Trinajstić information content (AvgIpc) is 3.21. The van der Waals surface area contributed by atoms with Crippen LogP contribution in [0.3, 0.4) is 0 Å². The van der Waals surface area contributed by atoms with Gasteiger partial charge in [-0.3, -0.25) is 5.32 Å². The third-order valence-electron chi connectivity index (χ3n) is 2.88. The van der Waals surface area contributed by atoms with E-state index in [9.17, 15) is 9.59 Å². The molecule has 1 aromatic carbocycles. The quantitative estimate of drug-likeness (QED) is 0.581. The van der Waals surface area contributed by atoms with Crippen molar-refractivity contribution >= 4 is 29.3 Å². The van der Waals surface area contributed by atoms with Crippen LogP contribution in [0, 0.1) is 0 Å². The molecule has 4 amide bonds. The van der Waals surface area contributed by atoms with E-state index in [4.69, 9.17) is 4.84 Å². The predicted octanol–water partition coefficient (Wildman–Crippen LogP) is 1.81. The predicted molar refractivity (Wildman–Crippen MR) is 84.9 cm³/mol. The lowest BCUT2D eigenvalue weighted by molar-refractivity contribution is 0.134. The van der Waals surface area contributed by atoms with Gasteiger partial charge < -0.3 is 25.3 Å². The first-order chi connectivity index (χ1) is 11.7. The maximum absolute atomic E-state index is 11.8. The standard InChI is InChI=1S/C14H14N6O4/c21-13(17-11-4-6-23-19-11)15-9-2-1-3-10(8-9)16-14(22)18-12-5-7-24-20-12/h1-8,11,19H,(H2,15,17,21)(H2,16,18,20,22). The van der Waals surface area contributed by atoms with Crippen molar-refractivity contribution in [3.8, 4) is 0 Å². The highest BCUT2D eigenvalue weighted by Gasteiger charge is 2.13. The molecule has 0 spiro atoms. The SMILES string of the molecule is O=C(Nc1cccc(NC(=O)NC2C=CON2)c1)Nc1ccon1. The zero-order valence-corrected chi connectivity index (χ0v) is 12.3. The van der Waals surface area contributed by atoms with E-state index in [0.717, 1.165) is 0 Å². The lowest BCUT2D eigenvalue weighted by atomic mass is 10.3. The van der Waals surface area contributed by atoms with Gasteiger partial charge in [0, 0.05) is 17.4 Å². The summed E-state index contributed by atoms with van der Waals surface area (Å²) in [5.41, 5.74) is 3.58. The van der Waals surface area contributed by atoms with E-state index in [-0.39, 0.29) is 0 Å². The third kappa shape index (κ3) is 4.24. The minimum atomic E-state index is -0.483. The summed E-state index contributed by atoms with van der Waals surface area (Å²) in [6.45, 7) is 0. The number of hydroxylamine groups is 1. The second kappa shape index (κ2) is 7.15. The minimum Gasteiger partial charge on any atom is -0.414 e. The number of nitrogens with zero attached hydrogens (tertiary/aromatic N) is 1. The molecule has 2 aromatic rings. The van der Waals surface area contributed by atoms with Crippen molar-refractivity contribution in [2.24, 2.45) is 0 Å². The largest absolute Gasteiger partial charge is 0.414 e. The van der Waals surface area contributed by atoms with Crippen molar-refractivity contribution in [3.05, 3.63) is 48.9 Å². The van der Waals surface area contributed by atoms with Gasteiger partial charge in [0.1, 0.15) is 18.7 Å². The van der Waals surface area contributed by atoms with Gasteiger partial charge >= 0.3 is 12.1 Å². The number of nitrogens with one attached hydrogen (secondary N) is 5. The Morgan fingerprint density at radius 2 is 1.88 bits per heavy atom. The molecule has 1 aliphatic rings. The maximum atomic E-state index is 11.8. The Labute approximate surface area is 136 Å². The van der Waals surface area contributed by atoms with Gasteiger partial charge in [0.25, 0.3) is 0 Å². The van der Waals surface area contributed by atoms with Crippen molar-refractivity contribution in [3.63, 3.8) is 0 Å². The van der Waals surface area contributed by atoms with Gasteiger partial charge in [-0.15, -0.1) is 5.48 Å². The Hall–Kier alpha value is -3.53. The highest BCUT2D eigenvalue weighted by atomic mass is 16.6. The molecule has 24 heavy (non-hydrogen) atoms. The molecule has 1 atom stereocenters. The van der Waals surface area contributed by atoms with Gasteiger partial charge in [-0.2, -0.15) is 0 Å². The van der Waals surface area contributed by atoms with Crippen LogP contribution < -0.4 is 26.7 Å². The molecule has 0 radical (unpaired) electrons. The van der Waals surface area contributed by atoms with Crippen LogP contribution >= 0.6 is 0 Å². The number of hydrogen-bond donors (Lipinski definition) is 5. The lowest BCUT2D eigenvalue weighted by Gasteiger charge is -2.12. The van der Waals surface area contributed by atoms with Crippen LogP contribution in [0.25, 0.3) is 0 Å². The summed E-state index contributed by atoms with van der Waals surface area (Å²) in [6.07, 6.45) is 4.02. The Balaban J connectivity index is 1.54. The minimum absolute atomic E-state index is 0.292. The fourth-order valence-electron chi connectivity index (χ4n) is 1.89. The summed E-state index contributed by atoms with van der Waals surface area (Å²) in [4.78, 5) is 28.4. The first-order valence-electron chi connectivity index (χ1n) is 6.93. The molecule has 0 saturated carbocycles. The monoisotopic (exact) mass is 330 g/mol. The molecule has 5 N–H and O–H groups in total. The van der Waals surface area contributed by atoms with Gasteiger partial charge in [0.05, 0.1) is 0 Å². The third-order valence-corrected chi connectivity index (χ3v) is 2.88. The Morgan fingerprint density at radius 1 is 1.08 bits per heavy atom. The summed E-state index contributed by atoms with van der Waals surface area (Å²) in [6, 6.07) is 7.27. The molecule has 1 unspecified atom stereocenters. The van der Waals surface area contributed by atoms with E-state index in [1.807, 2.05) is 0 Å². The summed E-state index contributed by atoms with van der Waals surface area (Å²) < 4.78 is 4.62. The number of hydrogen-bond acceptors (Lipinski definition) is 6. The molecule has 1 aliphatic heterocycles. The fraction of sp³-hybridized carbons (Fsp3) is 0.0714. The van der Waals surface area contributed by atoms with Crippen LogP contribution in [-0.2, 0) is 4.84 Å². The number of amides is 4. The zero-order chi connectivity index (χ0) is 16.8. The number of carbonyl (C=O) groups excluding carboxylic acids is 2. The van der Waals surface area contributed by atoms with Crippen molar-refractivity contribution in [2.75, 3.05) is 16.0 Å². The molecule has 0 bridgehead atoms. The number of carbonyl (C=O) groups is 2. The molecule has 0 fully saturated rings. The van der Waals surface area contributed by atoms with Gasteiger partial charge in [-0.25, -0.2) is 9.59 Å². The zero-order valence-electron chi connectivity index (χ0n) is 12.3. The number of anilines is 3. The molecule has 2 heterocycles. The van der Waals surface area contributed by atoms with Crippen LogP contribution in [0.5, 0.6) is 0 Å². The Morgan fingerprint density at radius 3 is 2.54 bits per heavy atom. The van der Waals surface area contributed by atoms with Crippen LogP contribution in [0.4, 0.5) is 26.8 Å². The fourth-order valence-corrected chi connectivity index (χ4v) is 1.89. The second-order valence-electron chi connectivity index (χ2n) is 4.68. The highest BCUT2D eigenvalue weighted by molar-refractivity contribution is 5.99. The second-order valence-corrected chi connectivity index (χ2v) is 4.68. The first-order valence-corrected chi connectivity index (χ1v) is 6.93. The number of aromatic nitrogens is 1. The molecule has 3 rings (SSSR count). The molecule has 124 valence electrons. The van der Waals surface area contributed by atoms with Crippen molar-refractivity contribution in [1.82, 2.24) is 16.0 Å². The first kappa shape index (κ1) is 15.4. The van der Waals surface area contributed by atoms with Crippen molar-refractivity contribution in [1.29, 1.82) is 0 Å². The lowest BCUT2D eigenvalue weighted by Crippen LogP contribution is -2.43. The van der Waals surface area contributed by atoms with E-state index in [0.29, 0.717) is 17.2 Å². The van der Waals surface area contributed by atoms with Gasteiger partial charge in [-0.1, -0.05) is 11.2 Å². The van der Waals surface area contributed by atoms with E-state index in [1.54, 1.807) is 30.3 Å². The molecule has 0 aliphatic carbocycles. The molecule has 0 saturated heterocycles. The normalized spacial score (nSPS) is 15.4. The van der Waals surface area contributed by atoms with Gasteiger partial charge in [0.15, 0.2) is 5.82 Å². The molecular weight excluding hydrogens is 316 g/mol. The number of rotatable bonds is 4. The molecule has 10 heteroatoms.